The largest absolute Gasteiger partial charge is 0.326 e. The maximum absolute atomic E-state index is 12.3. The van der Waals surface area contributed by atoms with Gasteiger partial charge in [-0.05, 0) is 49.9 Å². The molecule has 26 heavy (non-hydrogen) atoms. The summed E-state index contributed by atoms with van der Waals surface area (Å²) in [7, 11) is 0. The first-order valence-electron chi connectivity index (χ1n) is 8.94. The van der Waals surface area contributed by atoms with Crippen molar-refractivity contribution in [2.75, 3.05) is 11.1 Å². The molecule has 2 rings (SSSR count). The lowest BCUT2D eigenvalue weighted by molar-refractivity contribution is -0.115. The minimum Gasteiger partial charge on any atom is -0.326 e. The Hall–Kier alpha value is -2.32. The van der Waals surface area contributed by atoms with Crippen molar-refractivity contribution in [2.45, 2.75) is 51.5 Å². The van der Waals surface area contributed by atoms with Gasteiger partial charge in [0.05, 0.1) is 5.56 Å². The molecular weight excluding hydrogens is 342 g/mol. The summed E-state index contributed by atoms with van der Waals surface area (Å²) in [6.07, 6.45) is 3.50. The number of nitrogens with one attached hydrogen (secondary N) is 1. The van der Waals surface area contributed by atoms with E-state index in [1.807, 2.05) is 44.2 Å². The second-order valence-electron chi connectivity index (χ2n) is 6.28. The van der Waals surface area contributed by atoms with Crippen LogP contribution in [0.4, 0.5) is 5.69 Å². The molecule has 0 radical (unpaired) electrons. The fourth-order valence-electron chi connectivity index (χ4n) is 2.62. The van der Waals surface area contributed by atoms with Gasteiger partial charge in [0.1, 0.15) is 11.1 Å². The van der Waals surface area contributed by atoms with Gasteiger partial charge in [0.2, 0.25) is 5.91 Å². The molecule has 0 spiro atoms. The average molecular weight is 368 g/mol. The molecule has 1 heterocycles. The van der Waals surface area contributed by atoms with E-state index in [9.17, 15) is 10.1 Å². The van der Waals surface area contributed by atoms with Crippen LogP contribution in [0, 0.1) is 25.2 Å². The predicted molar refractivity (Wildman–Crippen MR) is 107 cm³/mol. The lowest BCUT2D eigenvalue weighted by Crippen LogP contribution is -2.14. The Bertz CT molecular complexity index is 791. The third-order valence-corrected chi connectivity index (χ3v) is 5.13. The molecular formula is C21H25N3OS. The van der Waals surface area contributed by atoms with E-state index in [1.165, 1.54) is 11.8 Å². The summed E-state index contributed by atoms with van der Waals surface area (Å²) in [5.41, 5.74) is 4.59. The van der Waals surface area contributed by atoms with Crippen molar-refractivity contribution in [1.29, 1.82) is 5.26 Å². The molecule has 0 aliphatic rings. The number of benzene rings is 1. The first-order valence-corrected chi connectivity index (χ1v) is 9.92. The molecule has 0 unspecified atom stereocenters. The topological polar surface area (TPSA) is 65.8 Å². The van der Waals surface area contributed by atoms with E-state index in [0.29, 0.717) is 17.7 Å². The number of hydrogen-bond acceptors (Lipinski definition) is 4. The first-order chi connectivity index (χ1) is 12.5. The maximum Gasteiger partial charge on any atom is 0.225 e. The van der Waals surface area contributed by atoms with E-state index in [2.05, 4.69) is 23.3 Å². The van der Waals surface area contributed by atoms with Gasteiger partial charge in [0.25, 0.3) is 0 Å². The number of nitrogens with zero attached hydrogens (tertiary/aromatic N) is 2. The fraction of sp³-hybridized carbons (Fsp3) is 0.381. The van der Waals surface area contributed by atoms with Gasteiger partial charge in [-0.3, -0.25) is 4.79 Å². The van der Waals surface area contributed by atoms with Gasteiger partial charge in [-0.1, -0.05) is 31.5 Å². The average Bonchev–Trinajstić information content (AvgIpc) is 2.63. The molecule has 0 aliphatic heterocycles. The number of carbonyl (C=O) groups excluding carboxylic acids is 1. The lowest BCUT2D eigenvalue weighted by Gasteiger charge is -2.11. The second-order valence-corrected chi connectivity index (χ2v) is 7.37. The van der Waals surface area contributed by atoms with Gasteiger partial charge in [-0.2, -0.15) is 5.26 Å². The van der Waals surface area contributed by atoms with Gasteiger partial charge in [0, 0.05) is 23.6 Å². The molecule has 4 nitrogen and oxygen atoms in total. The molecule has 0 saturated heterocycles. The lowest BCUT2D eigenvalue weighted by atomic mass is 10.1. The number of thioether (sulfide) groups is 1. The Morgan fingerprint density at radius 2 is 1.96 bits per heavy atom. The van der Waals surface area contributed by atoms with E-state index < -0.39 is 0 Å². The van der Waals surface area contributed by atoms with Crippen molar-refractivity contribution in [1.82, 2.24) is 4.98 Å². The van der Waals surface area contributed by atoms with Crippen molar-refractivity contribution in [3.8, 4) is 6.07 Å². The molecule has 1 aromatic carbocycles. The van der Waals surface area contributed by atoms with Crippen molar-refractivity contribution >= 4 is 23.4 Å². The SMILES string of the molecule is CCCCc1ccc(C#N)c(SCCC(=O)Nc2c(C)cccc2C)n1. The predicted octanol–water partition coefficient (Wildman–Crippen LogP) is 5.03. The second kappa shape index (κ2) is 9.98. The van der Waals surface area contributed by atoms with Crippen LogP contribution >= 0.6 is 11.8 Å². The van der Waals surface area contributed by atoms with E-state index in [4.69, 9.17) is 0 Å². The fourth-order valence-corrected chi connectivity index (χ4v) is 3.56. The van der Waals surface area contributed by atoms with Crippen LogP contribution in [-0.4, -0.2) is 16.6 Å². The number of para-hydroxylation sites is 1. The van der Waals surface area contributed by atoms with E-state index >= 15 is 0 Å². The monoisotopic (exact) mass is 367 g/mol. The minimum atomic E-state index is -0.0180. The Balaban J connectivity index is 1.94. The molecule has 5 heteroatoms. The van der Waals surface area contributed by atoms with Crippen LogP contribution in [0.2, 0.25) is 0 Å². The summed E-state index contributed by atoms with van der Waals surface area (Å²) < 4.78 is 0. The van der Waals surface area contributed by atoms with E-state index in [1.54, 1.807) is 0 Å². The molecule has 0 bridgehead atoms. The molecule has 136 valence electrons. The highest BCUT2D eigenvalue weighted by atomic mass is 32.2. The number of amides is 1. The van der Waals surface area contributed by atoms with Gasteiger partial charge >= 0.3 is 0 Å². The number of rotatable bonds is 8. The molecule has 0 atom stereocenters. The van der Waals surface area contributed by atoms with Gasteiger partial charge in [-0.15, -0.1) is 11.8 Å². The Morgan fingerprint density at radius 3 is 2.62 bits per heavy atom. The summed E-state index contributed by atoms with van der Waals surface area (Å²) in [6, 6.07) is 11.9. The first kappa shape index (κ1) is 20.0. The van der Waals surface area contributed by atoms with Crippen LogP contribution in [0.1, 0.15) is 48.6 Å². The van der Waals surface area contributed by atoms with Crippen LogP contribution in [0.5, 0.6) is 0 Å². The van der Waals surface area contributed by atoms with Gasteiger partial charge in [0.15, 0.2) is 0 Å². The van der Waals surface area contributed by atoms with Crippen LogP contribution in [0.3, 0.4) is 0 Å². The molecule has 2 aromatic rings. The number of aromatic nitrogens is 1. The normalized spacial score (nSPS) is 10.4. The number of carbonyl (C=O) groups is 1. The zero-order chi connectivity index (χ0) is 18.9. The highest BCUT2D eigenvalue weighted by Gasteiger charge is 2.10. The molecule has 0 aliphatic carbocycles. The van der Waals surface area contributed by atoms with Crippen molar-refractivity contribution < 1.29 is 4.79 Å². The highest BCUT2D eigenvalue weighted by molar-refractivity contribution is 7.99. The van der Waals surface area contributed by atoms with E-state index in [0.717, 1.165) is 46.8 Å². The zero-order valence-corrected chi connectivity index (χ0v) is 16.4. The molecule has 0 fully saturated rings. The Kier molecular flexibility index (Phi) is 7.68. The van der Waals surface area contributed by atoms with Crippen molar-refractivity contribution in [3.63, 3.8) is 0 Å². The number of hydrogen-bond donors (Lipinski definition) is 1. The summed E-state index contributed by atoms with van der Waals surface area (Å²) in [4.78, 5) is 16.9. The van der Waals surface area contributed by atoms with Crippen LogP contribution in [0.15, 0.2) is 35.4 Å². The van der Waals surface area contributed by atoms with Crippen LogP contribution in [-0.2, 0) is 11.2 Å². The summed E-state index contributed by atoms with van der Waals surface area (Å²) in [6.45, 7) is 6.12. The quantitative estimate of drug-likeness (QED) is 0.664. The minimum absolute atomic E-state index is 0.0180. The summed E-state index contributed by atoms with van der Waals surface area (Å²) >= 11 is 1.47. The molecule has 0 saturated carbocycles. The molecule has 1 amide bonds. The van der Waals surface area contributed by atoms with Crippen molar-refractivity contribution in [3.05, 3.63) is 52.7 Å². The zero-order valence-electron chi connectivity index (χ0n) is 15.6. The number of pyridine rings is 1. The number of anilines is 1. The molecule has 1 aromatic heterocycles. The Morgan fingerprint density at radius 1 is 1.23 bits per heavy atom. The number of nitriles is 1. The summed E-state index contributed by atoms with van der Waals surface area (Å²) in [5.74, 6) is 0.575. The highest BCUT2D eigenvalue weighted by Crippen LogP contribution is 2.23. The van der Waals surface area contributed by atoms with Gasteiger partial charge < -0.3 is 5.32 Å². The maximum atomic E-state index is 12.3. The van der Waals surface area contributed by atoms with Crippen LogP contribution in [0.25, 0.3) is 0 Å². The third-order valence-electron chi connectivity index (χ3n) is 4.14. The van der Waals surface area contributed by atoms with Crippen molar-refractivity contribution in [2.24, 2.45) is 0 Å². The third kappa shape index (κ3) is 5.60. The standard InChI is InChI=1S/C21H25N3OS/c1-4-5-9-18-11-10-17(14-22)21(23-18)26-13-12-19(25)24-20-15(2)7-6-8-16(20)3/h6-8,10-11H,4-5,9,12-13H2,1-3H3,(H,24,25). The van der Waals surface area contributed by atoms with Gasteiger partial charge in [-0.25, -0.2) is 4.98 Å². The van der Waals surface area contributed by atoms with E-state index in [-0.39, 0.29) is 5.91 Å². The number of aryl methyl sites for hydroxylation is 3. The summed E-state index contributed by atoms with van der Waals surface area (Å²) in [5, 5.41) is 13.0. The van der Waals surface area contributed by atoms with Crippen LogP contribution < -0.4 is 5.32 Å². The Labute approximate surface area is 160 Å². The number of unbranched alkanes of at least 4 members (excludes halogenated alkanes) is 1. The smallest absolute Gasteiger partial charge is 0.225 e. The molecule has 1 N–H and O–H groups in total.